The van der Waals surface area contributed by atoms with E-state index >= 15 is 0 Å². The van der Waals surface area contributed by atoms with Gasteiger partial charge in [-0.3, -0.25) is 14.5 Å². The van der Waals surface area contributed by atoms with E-state index in [9.17, 15) is 18.8 Å². The smallest absolute Gasteiger partial charge is 0.325 e. The number of nitrogens with one attached hydrogen (secondary N) is 2. The molecule has 0 aliphatic carbocycles. The minimum atomic E-state index is -0.932. The first-order valence-electron chi connectivity index (χ1n) is 13.3. The van der Waals surface area contributed by atoms with E-state index in [1.165, 1.54) is 22.1 Å². The minimum absolute atomic E-state index is 0.117. The van der Waals surface area contributed by atoms with Gasteiger partial charge < -0.3 is 19.9 Å². The fraction of sp³-hybridized carbons (Fsp3) is 0.226. The molecule has 216 valence electrons. The molecule has 1 aromatic heterocycles. The van der Waals surface area contributed by atoms with E-state index in [0.717, 1.165) is 5.56 Å². The van der Waals surface area contributed by atoms with Gasteiger partial charge in [-0.05, 0) is 41.5 Å². The number of halogens is 2. The van der Waals surface area contributed by atoms with Gasteiger partial charge in [0.1, 0.15) is 29.5 Å². The van der Waals surface area contributed by atoms with Crippen molar-refractivity contribution in [1.29, 1.82) is 0 Å². The molecule has 5 rings (SSSR count). The number of hydrogen-bond donors (Lipinski definition) is 2. The monoisotopic (exact) mass is 633 g/mol. The molecule has 2 N–H and O–H groups in total. The molecule has 0 unspecified atom stereocenters. The van der Waals surface area contributed by atoms with Crippen LogP contribution < -0.4 is 10.1 Å². The van der Waals surface area contributed by atoms with Crippen molar-refractivity contribution in [3.8, 4) is 17.0 Å². The third-order valence-corrected chi connectivity index (χ3v) is 7.71. The number of carbonyl (C=O) groups is 3. The van der Waals surface area contributed by atoms with Gasteiger partial charge in [0, 0.05) is 30.0 Å². The minimum Gasteiger partial charge on any atom is -0.484 e. The van der Waals surface area contributed by atoms with E-state index in [-0.39, 0.29) is 18.4 Å². The Balaban J connectivity index is 1.45. The van der Waals surface area contributed by atoms with Crippen molar-refractivity contribution in [1.82, 2.24) is 25.1 Å². The molecule has 1 aliphatic rings. The van der Waals surface area contributed by atoms with Crippen molar-refractivity contribution >= 4 is 33.8 Å². The Labute approximate surface area is 250 Å². The summed E-state index contributed by atoms with van der Waals surface area (Å²) in [5, 5.41) is 2.79. The average Bonchev–Trinajstić information content (AvgIpc) is 3.57. The molecule has 0 bridgehead atoms. The fourth-order valence-electron chi connectivity index (χ4n) is 4.87. The summed E-state index contributed by atoms with van der Waals surface area (Å²) in [4.78, 5) is 49.4. The predicted octanol–water partition coefficient (Wildman–Crippen LogP) is 5.58. The Morgan fingerprint density at radius 1 is 1.10 bits per heavy atom. The van der Waals surface area contributed by atoms with Crippen molar-refractivity contribution in [3.05, 3.63) is 106 Å². The number of hydrogen-bond acceptors (Lipinski definition) is 5. The lowest BCUT2D eigenvalue weighted by Crippen LogP contribution is -2.38. The third-order valence-electron chi connectivity index (χ3n) is 7.22. The lowest BCUT2D eigenvalue weighted by Gasteiger charge is -2.29. The molecule has 4 amide bonds. The van der Waals surface area contributed by atoms with Gasteiger partial charge in [0.2, 0.25) is 0 Å². The summed E-state index contributed by atoms with van der Waals surface area (Å²) in [6.07, 6.45) is 1.50. The summed E-state index contributed by atoms with van der Waals surface area (Å²) in [7, 11) is 3.28. The number of aromatic nitrogens is 2. The SMILES string of the molecule is C[C@H](c1ccccc1)[C@@H](c1ncc(-c2ccc(Br)cc2F)[nH]1)N1C(=O)N[C@H](c2ccc(OCC(=O)N(C)C)cc2)C1=O. The maximum atomic E-state index is 14.8. The predicted molar refractivity (Wildman–Crippen MR) is 158 cm³/mol. The summed E-state index contributed by atoms with van der Waals surface area (Å²) in [5.41, 5.74) is 2.19. The van der Waals surface area contributed by atoms with Crippen LogP contribution in [0.25, 0.3) is 11.3 Å². The van der Waals surface area contributed by atoms with E-state index in [1.807, 2.05) is 37.3 Å². The number of urea groups is 1. The van der Waals surface area contributed by atoms with Crippen LogP contribution >= 0.6 is 15.9 Å². The highest BCUT2D eigenvalue weighted by Crippen LogP contribution is 2.39. The average molecular weight is 635 g/mol. The Kier molecular flexibility index (Phi) is 8.39. The molecular weight excluding hydrogens is 605 g/mol. The number of imide groups is 1. The standard InChI is InChI=1S/C31H29BrFN5O4/c1-18(19-7-5-4-6-8-19)28(29-34-16-25(35-29)23-14-11-21(32)15-24(23)33)38-30(40)27(36-31(38)41)20-9-12-22(13-10-20)42-17-26(39)37(2)3/h4-16,18,27-28H,17H2,1-3H3,(H,34,35)(H,36,41)/t18-,27-,28+/m1/s1. The van der Waals surface area contributed by atoms with Gasteiger partial charge in [-0.1, -0.05) is 65.3 Å². The first-order valence-corrected chi connectivity index (χ1v) is 14.0. The number of amides is 4. The summed E-state index contributed by atoms with van der Waals surface area (Å²) in [6, 6.07) is 18.6. The number of ether oxygens (including phenoxy) is 1. The molecule has 3 atom stereocenters. The van der Waals surface area contributed by atoms with Gasteiger partial charge >= 0.3 is 6.03 Å². The molecular formula is C31H29BrFN5O4. The van der Waals surface area contributed by atoms with Crippen LogP contribution in [-0.2, 0) is 9.59 Å². The summed E-state index contributed by atoms with van der Waals surface area (Å²) < 4.78 is 20.9. The van der Waals surface area contributed by atoms with E-state index in [4.69, 9.17) is 4.74 Å². The molecule has 4 aromatic rings. The Morgan fingerprint density at radius 2 is 1.81 bits per heavy atom. The van der Waals surface area contributed by atoms with Gasteiger partial charge in [-0.15, -0.1) is 0 Å². The molecule has 1 fully saturated rings. The lowest BCUT2D eigenvalue weighted by molar-refractivity contribution is -0.131. The molecule has 3 aromatic carbocycles. The summed E-state index contributed by atoms with van der Waals surface area (Å²) in [5.74, 6) is -0.615. The van der Waals surface area contributed by atoms with Crippen molar-refractivity contribution in [2.24, 2.45) is 0 Å². The third kappa shape index (κ3) is 5.91. The number of H-pyrrole nitrogens is 1. The quantitative estimate of drug-likeness (QED) is 0.234. The topological polar surface area (TPSA) is 108 Å². The van der Waals surface area contributed by atoms with Crippen LogP contribution in [0.2, 0.25) is 0 Å². The van der Waals surface area contributed by atoms with Gasteiger partial charge in [-0.25, -0.2) is 14.2 Å². The normalized spacial score (nSPS) is 16.2. The van der Waals surface area contributed by atoms with Crippen molar-refractivity contribution < 1.29 is 23.5 Å². The molecule has 42 heavy (non-hydrogen) atoms. The summed E-state index contributed by atoms with van der Waals surface area (Å²) in [6.45, 7) is 1.80. The maximum Gasteiger partial charge on any atom is 0.325 e. The first kappa shape index (κ1) is 29.0. The molecule has 9 nitrogen and oxygen atoms in total. The Morgan fingerprint density at radius 3 is 2.48 bits per heavy atom. The van der Waals surface area contributed by atoms with Crippen LogP contribution in [0, 0.1) is 5.82 Å². The van der Waals surface area contributed by atoms with Crippen LogP contribution in [0.15, 0.2) is 83.5 Å². The molecule has 1 aliphatic heterocycles. The second-order valence-electron chi connectivity index (χ2n) is 10.2. The van der Waals surface area contributed by atoms with Gasteiger partial charge in [0.25, 0.3) is 11.8 Å². The molecule has 2 heterocycles. The van der Waals surface area contributed by atoms with Crippen molar-refractivity contribution in [2.45, 2.75) is 24.9 Å². The molecule has 0 radical (unpaired) electrons. The van der Waals surface area contributed by atoms with E-state index < -0.39 is 29.8 Å². The van der Waals surface area contributed by atoms with Crippen LogP contribution in [-0.4, -0.2) is 58.3 Å². The molecule has 11 heteroatoms. The summed E-state index contributed by atoms with van der Waals surface area (Å²) >= 11 is 3.27. The van der Waals surface area contributed by atoms with Crippen molar-refractivity contribution in [2.75, 3.05) is 20.7 Å². The molecule has 0 spiro atoms. The zero-order valence-electron chi connectivity index (χ0n) is 23.2. The molecule has 1 saturated heterocycles. The van der Waals surface area contributed by atoms with E-state index in [2.05, 4.69) is 31.2 Å². The van der Waals surface area contributed by atoms with E-state index in [0.29, 0.717) is 32.9 Å². The number of aromatic amines is 1. The van der Waals surface area contributed by atoms with Crippen LogP contribution in [0.4, 0.5) is 9.18 Å². The number of imidazole rings is 1. The Hall–Kier alpha value is -4.51. The highest BCUT2D eigenvalue weighted by Gasteiger charge is 2.46. The zero-order valence-corrected chi connectivity index (χ0v) is 24.8. The number of nitrogens with zero attached hydrogens (tertiary/aromatic N) is 3. The van der Waals surface area contributed by atoms with Gasteiger partial charge in [0.05, 0.1) is 11.9 Å². The number of carbonyl (C=O) groups excluding carboxylic acids is 3. The van der Waals surface area contributed by atoms with Crippen molar-refractivity contribution in [3.63, 3.8) is 0 Å². The Bertz CT molecular complexity index is 1610. The second kappa shape index (κ2) is 12.2. The van der Waals surface area contributed by atoms with Gasteiger partial charge in [-0.2, -0.15) is 0 Å². The van der Waals surface area contributed by atoms with Gasteiger partial charge in [0.15, 0.2) is 6.61 Å². The fourth-order valence-corrected chi connectivity index (χ4v) is 5.20. The largest absolute Gasteiger partial charge is 0.484 e. The van der Waals surface area contributed by atoms with Crippen LogP contribution in [0.3, 0.4) is 0 Å². The number of rotatable bonds is 9. The maximum absolute atomic E-state index is 14.8. The van der Waals surface area contributed by atoms with Crippen LogP contribution in [0.5, 0.6) is 5.75 Å². The molecule has 0 saturated carbocycles. The number of benzene rings is 3. The second-order valence-corrected chi connectivity index (χ2v) is 11.1. The van der Waals surface area contributed by atoms with E-state index in [1.54, 1.807) is 50.5 Å². The number of likely N-dealkylation sites (N-methyl/N-ethyl adjacent to an activating group) is 1. The first-order chi connectivity index (χ1) is 20.1. The van der Waals surface area contributed by atoms with Crippen LogP contribution in [0.1, 0.15) is 41.9 Å². The highest BCUT2D eigenvalue weighted by molar-refractivity contribution is 9.10. The highest BCUT2D eigenvalue weighted by atomic mass is 79.9. The zero-order chi connectivity index (χ0) is 30.0. The lowest BCUT2D eigenvalue weighted by atomic mass is 9.91.